The molecule has 0 radical (unpaired) electrons. The summed E-state index contributed by atoms with van der Waals surface area (Å²) in [6.45, 7) is 1.29. The maximum atomic E-state index is 12.3. The summed E-state index contributed by atoms with van der Waals surface area (Å²) < 4.78 is 5.06. The first-order valence-electron chi connectivity index (χ1n) is 5.76. The molecule has 0 aliphatic carbocycles. The molecule has 1 aromatic carbocycles. The number of nitro benzene ring substituents is 1. The summed E-state index contributed by atoms with van der Waals surface area (Å²) in [5, 5.41) is 11.0. The maximum absolute atomic E-state index is 12.3. The Morgan fingerprint density at radius 3 is 2.61 bits per heavy atom. The predicted molar refractivity (Wildman–Crippen MR) is 64.8 cm³/mol. The summed E-state index contributed by atoms with van der Waals surface area (Å²) in [6.07, 6.45) is 1.88. The number of likely N-dealkylation sites (tertiary alicyclic amines) is 1. The number of amides is 1. The molecule has 0 atom stereocenters. The van der Waals surface area contributed by atoms with Gasteiger partial charge in [-0.1, -0.05) is 6.07 Å². The van der Waals surface area contributed by atoms with Crippen molar-refractivity contribution >= 4 is 11.6 Å². The van der Waals surface area contributed by atoms with Crippen LogP contribution in [-0.2, 0) is 0 Å². The van der Waals surface area contributed by atoms with Gasteiger partial charge in [0.15, 0.2) is 5.56 Å². The number of ether oxygens (including phenoxy) is 1. The van der Waals surface area contributed by atoms with Gasteiger partial charge in [-0.2, -0.15) is 0 Å². The van der Waals surface area contributed by atoms with E-state index in [4.69, 9.17) is 4.74 Å². The Bertz CT molecular complexity index is 481. The van der Waals surface area contributed by atoms with E-state index in [2.05, 4.69) is 0 Å². The summed E-state index contributed by atoms with van der Waals surface area (Å²) in [4.78, 5) is 24.4. The molecular formula is C12H14N2O4. The molecular weight excluding hydrogens is 236 g/mol. The first-order valence-corrected chi connectivity index (χ1v) is 5.76. The molecule has 0 unspecified atom stereocenters. The molecule has 0 saturated carbocycles. The summed E-state index contributed by atoms with van der Waals surface area (Å²) in [7, 11) is 1.40. The number of hydrogen-bond donors (Lipinski definition) is 0. The monoisotopic (exact) mass is 250 g/mol. The third kappa shape index (κ3) is 2.13. The van der Waals surface area contributed by atoms with Crippen molar-refractivity contribution in [2.24, 2.45) is 0 Å². The van der Waals surface area contributed by atoms with Gasteiger partial charge in [-0.3, -0.25) is 14.9 Å². The SMILES string of the molecule is COc1cccc([N+](=O)[O-])c1C(=O)N1CCCC1. The maximum Gasteiger partial charge on any atom is 0.285 e. The molecule has 6 heteroatoms. The van der Waals surface area contributed by atoms with Crippen LogP contribution in [0, 0.1) is 10.1 Å². The van der Waals surface area contributed by atoms with Crippen LogP contribution in [0.25, 0.3) is 0 Å². The largest absolute Gasteiger partial charge is 0.496 e. The lowest BCUT2D eigenvalue weighted by Crippen LogP contribution is -2.28. The van der Waals surface area contributed by atoms with Gasteiger partial charge >= 0.3 is 0 Å². The molecule has 1 aliphatic rings. The number of nitro groups is 1. The van der Waals surface area contributed by atoms with Crippen LogP contribution >= 0.6 is 0 Å². The highest BCUT2D eigenvalue weighted by Crippen LogP contribution is 2.30. The minimum atomic E-state index is -0.550. The van der Waals surface area contributed by atoms with Crippen molar-refractivity contribution in [2.45, 2.75) is 12.8 Å². The number of nitrogens with zero attached hydrogens (tertiary/aromatic N) is 2. The lowest BCUT2D eigenvalue weighted by molar-refractivity contribution is -0.385. The fraction of sp³-hybridized carbons (Fsp3) is 0.417. The molecule has 1 heterocycles. The van der Waals surface area contributed by atoms with Crippen LogP contribution < -0.4 is 4.74 Å². The zero-order valence-electron chi connectivity index (χ0n) is 10.1. The molecule has 96 valence electrons. The quantitative estimate of drug-likeness (QED) is 0.606. The van der Waals surface area contributed by atoms with E-state index >= 15 is 0 Å². The highest BCUT2D eigenvalue weighted by atomic mass is 16.6. The Morgan fingerprint density at radius 1 is 1.39 bits per heavy atom. The van der Waals surface area contributed by atoms with Crippen molar-refractivity contribution in [3.63, 3.8) is 0 Å². The fourth-order valence-electron chi connectivity index (χ4n) is 2.14. The molecule has 1 saturated heterocycles. The van der Waals surface area contributed by atoms with E-state index in [9.17, 15) is 14.9 Å². The molecule has 0 N–H and O–H groups in total. The van der Waals surface area contributed by atoms with Crippen molar-refractivity contribution in [3.8, 4) is 5.75 Å². The second kappa shape index (κ2) is 5.03. The van der Waals surface area contributed by atoms with Crippen LogP contribution in [-0.4, -0.2) is 35.9 Å². The molecule has 0 spiro atoms. The molecule has 6 nitrogen and oxygen atoms in total. The van der Waals surface area contributed by atoms with E-state index in [1.165, 1.54) is 19.2 Å². The van der Waals surface area contributed by atoms with Gasteiger partial charge in [0.25, 0.3) is 11.6 Å². The third-order valence-corrected chi connectivity index (χ3v) is 3.03. The molecule has 1 fully saturated rings. The molecule has 0 bridgehead atoms. The Balaban J connectivity index is 2.45. The zero-order chi connectivity index (χ0) is 13.1. The lowest BCUT2D eigenvalue weighted by atomic mass is 10.1. The van der Waals surface area contributed by atoms with Gasteiger partial charge in [-0.25, -0.2) is 0 Å². The summed E-state index contributed by atoms with van der Waals surface area (Å²) >= 11 is 0. The fourth-order valence-corrected chi connectivity index (χ4v) is 2.14. The second-order valence-corrected chi connectivity index (χ2v) is 4.11. The molecule has 2 rings (SSSR count). The number of methoxy groups -OCH3 is 1. The van der Waals surface area contributed by atoms with Gasteiger partial charge < -0.3 is 9.64 Å². The van der Waals surface area contributed by atoms with Gasteiger partial charge in [-0.05, 0) is 18.9 Å². The van der Waals surface area contributed by atoms with E-state index in [-0.39, 0.29) is 22.9 Å². The van der Waals surface area contributed by atoms with E-state index < -0.39 is 4.92 Å². The first-order chi connectivity index (χ1) is 8.65. The zero-order valence-corrected chi connectivity index (χ0v) is 10.1. The van der Waals surface area contributed by atoms with E-state index in [1.54, 1.807) is 11.0 Å². The Morgan fingerprint density at radius 2 is 2.06 bits per heavy atom. The van der Waals surface area contributed by atoms with Gasteiger partial charge in [0.2, 0.25) is 0 Å². The van der Waals surface area contributed by atoms with E-state index in [1.807, 2.05) is 0 Å². The number of benzene rings is 1. The molecule has 1 amide bonds. The number of rotatable bonds is 3. The van der Waals surface area contributed by atoms with Crippen LogP contribution in [0.1, 0.15) is 23.2 Å². The normalized spacial score (nSPS) is 14.6. The number of carbonyl (C=O) groups is 1. The standard InChI is InChI=1S/C12H14N2O4/c1-18-10-6-4-5-9(14(16)17)11(10)12(15)13-7-2-3-8-13/h4-6H,2-3,7-8H2,1H3. The molecule has 0 aromatic heterocycles. The van der Waals surface area contributed by atoms with Crippen LogP contribution in [0.4, 0.5) is 5.69 Å². The average molecular weight is 250 g/mol. The van der Waals surface area contributed by atoms with Gasteiger partial charge in [-0.15, -0.1) is 0 Å². The van der Waals surface area contributed by atoms with E-state index in [0.717, 1.165) is 12.8 Å². The number of hydrogen-bond acceptors (Lipinski definition) is 4. The average Bonchev–Trinajstić information content (AvgIpc) is 2.90. The highest BCUT2D eigenvalue weighted by Gasteiger charge is 2.29. The summed E-state index contributed by atoms with van der Waals surface area (Å²) in [5.74, 6) is -0.0715. The Kier molecular flexibility index (Phi) is 3.45. The molecule has 18 heavy (non-hydrogen) atoms. The van der Waals surface area contributed by atoms with Crippen molar-refractivity contribution in [1.82, 2.24) is 4.90 Å². The van der Waals surface area contributed by atoms with Crippen LogP contribution in [0.2, 0.25) is 0 Å². The number of carbonyl (C=O) groups excluding carboxylic acids is 1. The van der Waals surface area contributed by atoms with Gasteiger partial charge in [0, 0.05) is 19.2 Å². The van der Waals surface area contributed by atoms with Gasteiger partial charge in [0.1, 0.15) is 5.75 Å². The smallest absolute Gasteiger partial charge is 0.285 e. The Hall–Kier alpha value is -2.11. The minimum absolute atomic E-state index is 0.0481. The van der Waals surface area contributed by atoms with Crippen molar-refractivity contribution in [3.05, 3.63) is 33.9 Å². The first kappa shape index (κ1) is 12.3. The van der Waals surface area contributed by atoms with Crippen LogP contribution in [0.15, 0.2) is 18.2 Å². The van der Waals surface area contributed by atoms with Gasteiger partial charge in [0.05, 0.1) is 12.0 Å². The molecule has 1 aliphatic heterocycles. The lowest BCUT2D eigenvalue weighted by Gasteiger charge is -2.16. The highest BCUT2D eigenvalue weighted by molar-refractivity contribution is 6.01. The second-order valence-electron chi connectivity index (χ2n) is 4.11. The van der Waals surface area contributed by atoms with E-state index in [0.29, 0.717) is 13.1 Å². The topological polar surface area (TPSA) is 72.7 Å². The minimum Gasteiger partial charge on any atom is -0.496 e. The summed E-state index contributed by atoms with van der Waals surface area (Å²) in [5.41, 5.74) is -0.154. The van der Waals surface area contributed by atoms with Crippen molar-refractivity contribution in [2.75, 3.05) is 20.2 Å². The summed E-state index contributed by atoms with van der Waals surface area (Å²) in [6, 6.07) is 4.40. The Labute approximate surface area is 104 Å². The predicted octanol–water partition coefficient (Wildman–Crippen LogP) is 1.84. The van der Waals surface area contributed by atoms with Crippen molar-refractivity contribution in [1.29, 1.82) is 0 Å². The molecule has 1 aromatic rings. The third-order valence-electron chi connectivity index (χ3n) is 3.03. The van der Waals surface area contributed by atoms with Crippen LogP contribution in [0.3, 0.4) is 0 Å². The van der Waals surface area contributed by atoms with Crippen LogP contribution in [0.5, 0.6) is 5.75 Å². The van der Waals surface area contributed by atoms with Crippen molar-refractivity contribution < 1.29 is 14.5 Å².